The van der Waals surface area contributed by atoms with Crippen LogP contribution in [0.15, 0.2) is 42.6 Å². The molecule has 0 spiro atoms. The number of aromatic nitrogens is 3. The predicted molar refractivity (Wildman–Crippen MR) is 69.8 cm³/mol. The highest BCUT2D eigenvalue weighted by Gasteiger charge is 2.19. The first-order valence-electron chi connectivity index (χ1n) is 5.60. The number of nitrogens with two attached hydrogens (primary N) is 1. The number of carboxylic acids is 1. The fraction of sp³-hybridized carbons (Fsp3) is 0. The van der Waals surface area contributed by atoms with Crippen molar-refractivity contribution in [2.24, 2.45) is 0 Å². The van der Waals surface area contributed by atoms with E-state index >= 15 is 0 Å². The molecule has 3 rings (SSSR count). The lowest BCUT2D eigenvalue weighted by atomic mass is 10.3. The van der Waals surface area contributed by atoms with Gasteiger partial charge in [0.15, 0.2) is 11.5 Å². The van der Waals surface area contributed by atoms with E-state index in [1.165, 1.54) is 0 Å². The Hall–Kier alpha value is -2.89. The topological polar surface area (TPSA) is 93.5 Å². The third-order valence-corrected chi connectivity index (χ3v) is 2.79. The lowest BCUT2D eigenvalue weighted by molar-refractivity contribution is 0.0693. The van der Waals surface area contributed by atoms with Gasteiger partial charge in [-0.1, -0.05) is 12.1 Å². The number of imidazole rings is 1. The van der Waals surface area contributed by atoms with Crippen molar-refractivity contribution in [1.82, 2.24) is 14.4 Å². The zero-order valence-electron chi connectivity index (χ0n) is 9.82. The first kappa shape index (κ1) is 11.2. The monoisotopic (exact) mass is 254 g/mol. The highest BCUT2D eigenvalue weighted by molar-refractivity contribution is 5.95. The zero-order chi connectivity index (χ0) is 13.4. The molecule has 19 heavy (non-hydrogen) atoms. The summed E-state index contributed by atoms with van der Waals surface area (Å²) in [5.41, 5.74) is 6.90. The number of hydrogen-bond donors (Lipinski definition) is 2. The van der Waals surface area contributed by atoms with Crippen LogP contribution in [-0.4, -0.2) is 25.4 Å². The highest BCUT2D eigenvalue weighted by atomic mass is 16.4. The van der Waals surface area contributed by atoms with Crippen molar-refractivity contribution in [3.63, 3.8) is 0 Å². The molecule has 94 valence electrons. The summed E-state index contributed by atoms with van der Waals surface area (Å²) < 4.78 is 1.59. The van der Waals surface area contributed by atoms with Crippen LogP contribution in [0.4, 0.5) is 5.82 Å². The fourth-order valence-corrected chi connectivity index (χ4v) is 1.98. The molecule has 0 aliphatic carbocycles. The number of nitrogen functional groups attached to an aromatic ring is 1. The van der Waals surface area contributed by atoms with E-state index in [4.69, 9.17) is 5.73 Å². The van der Waals surface area contributed by atoms with E-state index in [0.29, 0.717) is 22.9 Å². The molecule has 3 aromatic heterocycles. The number of nitrogens with zero attached hydrogens (tertiary/aromatic N) is 3. The van der Waals surface area contributed by atoms with Crippen molar-refractivity contribution in [3.8, 4) is 11.5 Å². The Balaban J connectivity index is 2.40. The van der Waals surface area contributed by atoms with Crippen LogP contribution in [0.3, 0.4) is 0 Å². The molecule has 0 amide bonds. The number of hydrogen-bond acceptors (Lipinski definition) is 4. The van der Waals surface area contributed by atoms with Crippen LogP contribution >= 0.6 is 0 Å². The lowest BCUT2D eigenvalue weighted by Gasteiger charge is -2.03. The molecule has 0 aliphatic heterocycles. The van der Waals surface area contributed by atoms with Crippen LogP contribution in [0.5, 0.6) is 0 Å². The molecule has 3 heterocycles. The third kappa shape index (κ3) is 1.70. The molecule has 0 aliphatic rings. The van der Waals surface area contributed by atoms with Gasteiger partial charge in [0.25, 0.3) is 0 Å². The van der Waals surface area contributed by atoms with Gasteiger partial charge in [-0.05, 0) is 24.3 Å². The van der Waals surface area contributed by atoms with Gasteiger partial charge in [-0.15, -0.1) is 0 Å². The van der Waals surface area contributed by atoms with Gasteiger partial charge < -0.3 is 10.8 Å². The molecular formula is C13H10N4O2. The molecule has 6 heteroatoms. The smallest absolute Gasteiger partial charge is 0.356 e. The molecule has 0 saturated heterocycles. The minimum absolute atomic E-state index is 0.0343. The molecule has 0 aromatic carbocycles. The number of rotatable bonds is 2. The minimum atomic E-state index is -1.09. The standard InChI is InChI=1S/C13H10N4O2/c14-10-6-3-5-9-11(13(18)19)16-12(17(9)10)8-4-1-2-7-15-8/h1-7H,14H2,(H,18,19). The summed E-state index contributed by atoms with van der Waals surface area (Å²) in [6.45, 7) is 0. The molecule has 0 radical (unpaired) electrons. The van der Waals surface area contributed by atoms with Gasteiger partial charge in [-0.2, -0.15) is 0 Å². The van der Waals surface area contributed by atoms with Gasteiger partial charge in [0, 0.05) is 6.20 Å². The maximum Gasteiger partial charge on any atom is 0.356 e. The van der Waals surface area contributed by atoms with Crippen molar-refractivity contribution in [3.05, 3.63) is 48.3 Å². The lowest BCUT2D eigenvalue weighted by Crippen LogP contribution is -1.99. The summed E-state index contributed by atoms with van der Waals surface area (Å²) in [5.74, 6) is -0.255. The molecular weight excluding hydrogens is 244 g/mol. The summed E-state index contributed by atoms with van der Waals surface area (Å²) >= 11 is 0. The predicted octanol–water partition coefficient (Wildman–Crippen LogP) is 1.68. The molecule has 0 saturated carbocycles. The van der Waals surface area contributed by atoms with Gasteiger partial charge in [0.1, 0.15) is 11.5 Å². The van der Waals surface area contributed by atoms with Crippen molar-refractivity contribution in [1.29, 1.82) is 0 Å². The SMILES string of the molecule is Nc1cccc2c(C(=O)O)nc(-c3ccccn3)n12. The number of pyridine rings is 2. The average Bonchev–Trinajstić information content (AvgIpc) is 2.81. The Bertz CT molecular complexity index is 765. The van der Waals surface area contributed by atoms with Crippen molar-refractivity contribution in [2.45, 2.75) is 0 Å². The maximum atomic E-state index is 11.2. The molecule has 6 nitrogen and oxygen atoms in total. The zero-order valence-corrected chi connectivity index (χ0v) is 9.82. The first-order valence-corrected chi connectivity index (χ1v) is 5.60. The second-order valence-corrected chi connectivity index (χ2v) is 3.98. The Kier molecular flexibility index (Phi) is 2.42. The Labute approximate surface area is 108 Å². The molecule has 0 fully saturated rings. The van der Waals surface area contributed by atoms with Gasteiger partial charge in [0.05, 0.1) is 5.52 Å². The number of aromatic carboxylic acids is 1. The molecule has 0 atom stereocenters. The van der Waals surface area contributed by atoms with Crippen LogP contribution in [0.2, 0.25) is 0 Å². The molecule has 3 N–H and O–H groups in total. The number of anilines is 1. The van der Waals surface area contributed by atoms with E-state index in [-0.39, 0.29) is 5.69 Å². The van der Waals surface area contributed by atoms with Gasteiger partial charge in [-0.3, -0.25) is 9.38 Å². The first-order chi connectivity index (χ1) is 9.18. The Morgan fingerprint density at radius 1 is 1.21 bits per heavy atom. The number of fused-ring (bicyclic) bond motifs is 1. The number of carboxylic acid groups (broad SMARTS) is 1. The fourth-order valence-electron chi connectivity index (χ4n) is 1.98. The van der Waals surface area contributed by atoms with Crippen LogP contribution in [0.1, 0.15) is 10.5 Å². The highest BCUT2D eigenvalue weighted by Crippen LogP contribution is 2.24. The van der Waals surface area contributed by atoms with Crippen molar-refractivity contribution in [2.75, 3.05) is 5.73 Å². The van der Waals surface area contributed by atoms with E-state index in [1.807, 2.05) is 6.07 Å². The third-order valence-electron chi connectivity index (χ3n) is 2.79. The molecule has 0 bridgehead atoms. The Morgan fingerprint density at radius 2 is 2.05 bits per heavy atom. The van der Waals surface area contributed by atoms with E-state index < -0.39 is 5.97 Å². The second kappa shape index (κ2) is 4.09. The minimum Gasteiger partial charge on any atom is -0.476 e. The quantitative estimate of drug-likeness (QED) is 0.725. The van der Waals surface area contributed by atoms with Crippen LogP contribution in [0.25, 0.3) is 17.0 Å². The van der Waals surface area contributed by atoms with Crippen LogP contribution in [0, 0.1) is 0 Å². The van der Waals surface area contributed by atoms with Gasteiger partial charge in [-0.25, -0.2) is 9.78 Å². The van der Waals surface area contributed by atoms with Gasteiger partial charge in [0.2, 0.25) is 0 Å². The summed E-state index contributed by atoms with van der Waals surface area (Å²) in [5, 5.41) is 9.20. The van der Waals surface area contributed by atoms with Crippen LogP contribution < -0.4 is 5.73 Å². The summed E-state index contributed by atoms with van der Waals surface area (Å²) in [6.07, 6.45) is 1.62. The van der Waals surface area contributed by atoms with E-state index in [1.54, 1.807) is 40.9 Å². The largest absolute Gasteiger partial charge is 0.476 e. The van der Waals surface area contributed by atoms with Crippen molar-refractivity contribution >= 4 is 17.3 Å². The van der Waals surface area contributed by atoms with Crippen molar-refractivity contribution < 1.29 is 9.90 Å². The summed E-state index contributed by atoms with van der Waals surface area (Å²) in [7, 11) is 0. The summed E-state index contributed by atoms with van der Waals surface area (Å²) in [4.78, 5) is 19.6. The molecule has 0 unspecified atom stereocenters. The number of carbonyl (C=O) groups is 1. The Morgan fingerprint density at radius 3 is 2.74 bits per heavy atom. The average molecular weight is 254 g/mol. The van der Waals surface area contributed by atoms with E-state index in [0.717, 1.165) is 0 Å². The molecule has 3 aromatic rings. The van der Waals surface area contributed by atoms with Crippen LogP contribution in [-0.2, 0) is 0 Å². The van der Waals surface area contributed by atoms with E-state index in [9.17, 15) is 9.90 Å². The van der Waals surface area contributed by atoms with Gasteiger partial charge >= 0.3 is 5.97 Å². The summed E-state index contributed by atoms with van der Waals surface area (Å²) in [6, 6.07) is 10.4. The van der Waals surface area contributed by atoms with E-state index in [2.05, 4.69) is 9.97 Å². The second-order valence-electron chi connectivity index (χ2n) is 3.98. The normalized spacial score (nSPS) is 10.7. The maximum absolute atomic E-state index is 11.2.